The van der Waals surface area contributed by atoms with Gasteiger partial charge in [-0.2, -0.15) is 11.8 Å². The minimum Gasteiger partial charge on any atom is -0.321 e. The highest BCUT2D eigenvalue weighted by Gasteiger charge is 2.26. The molecule has 3 heterocycles. The molecule has 122 valence electrons. The molecule has 4 rings (SSSR count). The van der Waals surface area contributed by atoms with Crippen LogP contribution in [0.15, 0.2) is 53.3 Å². The molecule has 1 amide bonds. The van der Waals surface area contributed by atoms with Crippen molar-refractivity contribution in [3.05, 3.63) is 69.3 Å². The maximum Gasteiger partial charge on any atom is 0.259 e. The number of halogens is 1. The first-order valence-electron chi connectivity index (χ1n) is 7.65. The molecule has 1 aromatic carbocycles. The maximum atomic E-state index is 13.1. The fourth-order valence-electron chi connectivity index (χ4n) is 2.85. The molecule has 3 aromatic rings. The Balaban J connectivity index is 1.77. The van der Waals surface area contributed by atoms with Gasteiger partial charge in [0.25, 0.3) is 5.91 Å². The summed E-state index contributed by atoms with van der Waals surface area (Å²) in [5.41, 5.74) is 2.83. The molecule has 2 aromatic heterocycles. The summed E-state index contributed by atoms with van der Waals surface area (Å²) in [6.45, 7) is 0. The van der Waals surface area contributed by atoms with Gasteiger partial charge < -0.3 is 9.88 Å². The van der Waals surface area contributed by atoms with E-state index in [1.165, 1.54) is 10.4 Å². The maximum absolute atomic E-state index is 13.1. The molecule has 1 aliphatic rings. The van der Waals surface area contributed by atoms with E-state index in [2.05, 4.69) is 21.2 Å². The van der Waals surface area contributed by atoms with Gasteiger partial charge in [-0.1, -0.05) is 12.1 Å². The lowest BCUT2D eigenvalue weighted by molar-refractivity contribution is 0.102. The molecule has 1 aliphatic heterocycles. The number of fused-ring (bicyclic) bond motifs is 1. The van der Waals surface area contributed by atoms with E-state index in [-0.39, 0.29) is 5.91 Å². The van der Waals surface area contributed by atoms with Gasteiger partial charge in [-0.05, 0) is 57.9 Å². The van der Waals surface area contributed by atoms with E-state index < -0.39 is 0 Å². The molecule has 0 radical (unpaired) electrons. The number of hydrogen-bond donors (Lipinski definition) is 1. The number of hydrogen-bond acceptors (Lipinski definition) is 3. The van der Waals surface area contributed by atoms with Gasteiger partial charge in [-0.25, -0.2) is 0 Å². The second-order valence-electron chi connectivity index (χ2n) is 5.51. The minimum absolute atomic E-state index is 0.0324. The molecule has 24 heavy (non-hydrogen) atoms. The monoisotopic (exact) mass is 418 g/mol. The van der Waals surface area contributed by atoms with E-state index in [9.17, 15) is 4.79 Å². The van der Waals surface area contributed by atoms with Gasteiger partial charge in [0.15, 0.2) is 0 Å². The van der Waals surface area contributed by atoms with Crippen molar-refractivity contribution in [2.75, 3.05) is 11.1 Å². The van der Waals surface area contributed by atoms with Crippen LogP contribution in [-0.4, -0.2) is 16.2 Å². The smallest absolute Gasteiger partial charge is 0.259 e. The molecule has 3 nitrogen and oxygen atoms in total. The highest BCUT2D eigenvalue weighted by molar-refractivity contribution is 9.10. The number of aromatic nitrogens is 1. The molecule has 0 spiro atoms. The quantitative estimate of drug-likeness (QED) is 0.622. The summed E-state index contributed by atoms with van der Waals surface area (Å²) in [5, 5.41) is 4.08. The van der Waals surface area contributed by atoms with Crippen LogP contribution in [0, 0.1) is 0 Å². The summed E-state index contributed by atoms with van der Waals surface area (Å²) in [6.07, 6.45) is 4.95. The number of thiophene rings is 1. The van der Waals surface area contributed by atoms with Gasteiger partial charge in [0.2, 0.25) is 0 Å². The highest BCUT2D eigenvalue weighted by Crippen LogP contribution is 2.38. The number of nitrogens with zero attached hydrogens (tertiary/aromatic N) is 1. The Morgan fingerprint density at radius 2 is 1.96 bits per heavy atom. The van der Waals surface area contributed by atoms with Crippen LogP contribution in [0.5, 0.6) is 0 Å². The predicted molar refractivity (Wildman–Crippen MR) is 106 cm³/mol. The van der Waals surface area contributed by atoms with Crippen molar-refractivity contribution in [2.45, 2.75) is 12.2 Å². The summed E-state index contributed by atoms with van der Waals surface area (Å²) < 4.78 is 2.93. The number of carbonyl (C=O) groups is 1. The van der Waals surface area contributed by atoms with Crippen LogP contribution in [0.4, 0.5) is 5.69 Å². The molecule has 0 saturated heterocycles. The van der Waals surface area contributed by atoms with Crippen molar-refractivity contribution in [1.29, 1.82) is 0 Å². The third kappa shape index (κ3) is 2.94. The number of para-hydroxylation sites is 1. The van der Waals surface area contributed by atoms with Crippen molar-refractivity contribution >= 4 is 50.6 Å². The van der Waals surface area contributed by atoms with E-state index in [1.807, 2.05) is 65.1 Å². The fourth-order valence-corrected chi connectivity index (χ4v) is 5.68. The van der Waals surface area contributed by atoms with E-state index in [0.717, 1.165) is 38.7 Å². The van der Waals surface area contributed by atoms with Crippen LogP contribution in [0.3, 0.4) is 0 Å². The van der Waals surface area contributed by atoms with Gasteiger partial charge in [0.1, 0.15) is 5.00 Å². The number of thioether (sulfide) groups is 1. The molecule has 6 heteroatoms. The summed E-state index contributed by atoms with van der Waals surface area (Å²) in [5.74, 6) is 2.04. The summed E-state index contributed by atoms with van der Waals surface area (Å²) >= 11 is 7.17. The lowest BCUT2D eigenvalue weighted by Crippen LogP contribution is -2.16. The van der Waals surface area contributed by atoms with E-state index in [0.29, 0.717) is 0 Å². The van der Waals surface area contributed by atoms with Crippen molar-refractivity contribution in [2.24, 2.45) is 0 Å². The fraction of sp³-hybridized carbons (Fsp3) is 0.167. The van der Waals surface area contributed by atoms with Crippen molar-refractivity contribution in [3.63, 3.8) is 0 Å². The second kappa shape index (κ2) is 6.78. The van der Waals surface area contributed by atoms with Crippen molar-refractivity contribution in [3.8, 4) is 5.00 Å². The molecular formula is C18H15BrN2OS2. The van der Waals surface area contributed by atoms with E-state index in [1.54, 1.807) is 11.3 Å². The topological polar surface area (TPSA) is 34.0 Å². The van der Waals surface area contributed by atoms with Gasteiger partial charge in [0.05, 0.1) is 11.3 Å². The molecule has 0 atom stereocenters. The van der Waals surface area contributed by atoms with Gasteiger partial charge in [-0.3, -0.25) is 4.79 Å². The minimum atomic E-state index is -0.0324. The van der Waals surface area contributed by atoms with Crippen LogP contribution in [0.25, 0.3) is 5.00 Å². The van der Waals surface area contributed by atoms with Gasteiger partial charge in [0, 0.05) is 27.5 Å². The summed E-state index contributed by atoms with van der Waals surface area (Å²) in [6, 6.07) is 11.7. The lowest BCUT2D eigenvalue weighted by Gasteiger charge is -2.13. The Morgan fingerprint density at radius 1 is 1.17 bits per heavy atom. The van der Waals surface area contributed by atoms with Crippen molar-refractivity contribution < 1.29 is 4.79 Å². The normalized spacial score (nSPS) is 13.5. The Hall–Kier alpha value is -1.50. The lowest BCUT2D eigenvalue weighted by atomic mass is 10.1. The van der Waals surface area contributed by atoms with Crippen LogP contribution >= 0.6 is 39.0 Å². The first-order chi connectivity index (χ1) is 11.7. The number of carbonyl (C=O) groups excluding carboxylic acids is 1. The zero-order chi connectivity index (χ0) is 16.5. The SMILES string of the molecule is O=C(Nc1ccccc1Br)c1c(-n2cccc2)sc2c1CCSC2. The third-order valence-corrected chi connectivity index (χ3v) is 7.09. The molecule has 0 unspecified atom stereocenters. The van der Waals surface area contributed by atoms with Crippen LogP contribution in [-0.2, 0) is 12.2 Å². The average Bonchev–Trinajstić information content (AvgIpc) is 3.23. The number of amides is 1. The number of anilines is 1. The van der Waals surface area contributed by atoms with Crippen molar-refractivity contribution in [1.82, 2.24) is 4.57 Å². The van der Waals surface area contributed by atoms with E-state index in [4.69, 9.17) is 0 Å². The zero-order valence-corrected chi connectivity index (χ0v) is 16.0. The first kappa shape index (κ1) is 16.0. The summed E-state index contributed by atoms with van der Waals surface area (Å²) in [4.78, 5) is 14.4. The molecular weight excluding hydrogens is 404 g/mol. The molecule has 0 bridgehead atoms. The number of benzene rings is 1. The third-order valence-electron chi connectivity index (χ3n) is 3.99. The number of rotatable bonds is 3. The molecule has 0 aliphatic carbocycles. The van der Waals surface area contributed by atoms with E-state index >= 15 is 0 Å². The Morgan fingerprint density at radius 3 is 2.75 bits per heavy atom. The Kier molecular flexibility index (Phi) is 4.52. The van der Waals surface area contributed by atoms with Crippen LogP contribution in [0.1, 0.15) is 20.8 Å². The molecule has 0 saturated carbocycles. The predicted octanol–water partition coefficient (Wildman–Crippen LogP) is 5.34. The number of nitrogens with one attached hydrogen (secondary N) is 1. The second-order valence-corrected chi connectivity index (χ2v) is 8.55. The molecule has 0 fully saturated rings. The van der Waals surface area contributed by atoms with Crippen LogP contribution in [0.2, 0.25) is 0 Å². The first-order valence-corrected chi connectivity index (χ1v) is 10.4. The van der Waals surface area contributed by atoms with Gasteiger partial charge in [-0.15, -0.1) is 11.3 Å². The van der Waals surface area contributed by atoms with Crippen LogP contribution < -0.4 is 5.32 Å². The largest absolute Gasteiger partial charge is 0.321 e. The summed E-state index contributed by atoms with van der Waals surface area (Å²) in [7, 11) is 0. The molecule has 1 N–H and O–H groups in total. The Labute approximate surface area is 157 Å². The highest BCUT2D eigenvalue weighted by atomic mass is 79.9. The Bertz CT molecular complexity index is 887. The zero-order valence-electron chi connectivity index (χ0n) is 12.8. The van der Waals surface area contributed by atoms with Gasteiger partial charge >= 0.3 is 0 Å². The standard InChI is InChI=1S/C18H15BrN2OS2/c19-13-5-1-2-6-14(13)20-17(22)16-12-7-10-23-11-15(12)24-18(16)21-8-3-4-9-21/h1-6,8-9H,7,10-11H2,(H,20,22). The average molecular weight is 419 g/mol.